The summed E-state index contributed by atoms with van der Waals surface area (Å²) >= 11 is 11.8. The Morgan fingerprint density at radius 3 is 2.42 bits per heavy atom. The lowest BCUT2D eigenvalue weighted by Crippen LogP contribution is -2.07. The van der Waals surface area contributed by atoms with Crippen LogP contribution in [0.1, 0.15) is 13.8 Å². The molecule has 0 aliphatic rings. The molecule has 1 N–H and O–H groups in total. The minimum Gasteiger partial charge on any atom is -0.510 e. The van der Waals surface area contributed by atoms with E-state index < -0.39 is 5.97 Å². The van der Waals surface area contributed by atoms with Gasteiger partial charge < -0.3 is 9.84 Å². The highest BCUT2D eigenvalue weighted by Gasteiger charge is 2.14. The Labute approximate surface area is 120 Å². The number of nitrogens with zero attached hydrogens (tertiary/aromatic N) is 2. The van der Waals surface area contributed by atoms with Crippen LogP contribution in [0.5, 0.6) is 0 Å². The Morgan fingerprint density at radius 1 is 1.37 bits per heavy atom. The first-order valence-corrected chi connectivity index (χ1v) is 6.15. The number of hydrogen-bond acceptors (Lipinski definition) is 5. The fourth-order valence-electron chi connectivity index (χ4n) is 1.14. The number of aliphatic hydroxyl groups is 1. The molecule has 0 saturated carbocycles. The SMILES string of the molecule is CCOC(=O)/C(N=Nc1c(Cl)cccc1Cl)=C(/C)O. The highest BCUT2D eigenvalue weighted by Crippen LogP contribution is 2.33. The van der Waals surface area contributed by atoms with Gasteiger partial charge in [0, 0.05) is 0 Å². The van der Waals surface area contributed by atoms with Gasteiger partial charge >= 0.3 is 5.97 Å². The standard InChI is InChI=1S/C12H12Cl2N2O3/c1-3-19-12(18)10(7(2)17)15-16-11-8(13)5-4-6-9(11)14/h4-6,17H,3H2,1-2H3/b10-7+,16-15?. The predicted molar refractivity (Wildman–Crippen MR) is 72.9 cm³/mol. The first-order valence-electron chi connectivity index (χ1n) is 5.40. The van der Waals surface area contributed by atoms with Crippen molar-refractivity contribution in [3.05, 3.63) is 39.7 Å². The Morgan fingerprint density at radius 2 is 1.95 bits per heavy atom. The number of ether oxygens (including phenoxy) is 1. The molecule has 1 aromatic rings. The molecule has 0 aromatic heterocycles. The molecular formula is C12H12Cl2N2O3. The topological polar surface area (TPSA) is 71.2 Å². The third-order valence-electron chi connectivity index (χ3n) is 2.00. The summed E-state index contributed by atoms with van der Waals surface area (Å²) in [4.78, 5) is 11.5. The summed E-state index contributed by atoms with van der Waals surface area (Å²) in [7, 11) is 0. The average molecular weight is 303 g/mol. The van der Waals surface area contributed by atoms with E-state index in [1.54, 1.807) is 25.1 Å². The molecule has 7 heteroatoms. The summed E-state index contributed by atoms with van der Waals surface area (Å²) in [6.07, 6.45) is 0. The minimum atomic E-state index is -0.769. The van der Waals surface area contributed by atoms with Crippen LogP contribution in [-0.4, -0.2) is 17.7 Å². The molecule has 1 rings (SSSR count). The summed E-state index contributed by atoms with van der Waals surface area (Å²) in [5, 5.41) is 17.4. The number of azo groups is 1. The van der Waals surface area contributed by atoms with Gasteiger partial charge in [-0.2, -0.15) is 0 Å². The number of carbonyl (C=O) groups is 1. The lowest BCUT2D eigenvalue weighted by Gasteiger charge is -2.03. The van der Waals surface area contributed by atoms with E-state index in [0.717, 1.165) is 0 Å². The molecule has 0 aliphatic carbocycles. The van der Waals surface area contributed by atoms with Gasteiger partial charge in [-0.25, -0.2) is 4.79 Å². The van der Waals surface area contributed by atoms with Gasteiger partial charge in [0.05, 0.1) is 16.7 Å². The molecular weight excluding hydrogens is 291 g/mol. The van der Waals surface area contributed by atoms with Crippen LogP contribution >= 0.6 is 23.2 Å². The van der Waals surface area contributed by atoms with Crippen LogP contribution in [0.2, 0.25) is 10.0 Å². The first-order chi connectivity index (χ1) is 8.97. The molecule has 0 radical (unpaired) electrons. The third-order valence-corrected chi connectivity index (χ3v) is 2.61. The number of halogens is 2. The van der Waals surface area contributed by atoms with E-state index in [4.69, 9.17) is 27.9 Å². The first kappa shape index (κ1) is 15.5. The number of rotatable bonds is 4. The normalized spacial score (nSPS) is 12.4. The second-order valence-corrected chi connectivity index (χ2v) is 4.24. The summed E-state index contributed by atoms with van der Waals surface area (Å²) < 4.78 is 4.74. The highest BCUT2D eigenvalue weighted by molar-refractivity contribution is 6.38. The van der Waals surface area contributed by atoms with Gasteiger partial charge in [0.15, 0.2) is 0 Å². The van der Waals surface area contributed by atoms with Gasteiger partial charge in [0.2, 0.25) is 5.70 Å². The van der Waals surface area contributed by atoms with E-state index in [1.807, 2.05) is 0 Å². The van der Waals surface area contributed by atoms with Crippen molar-refractivity contribution in [3.63, 3.8) is 0 Å². The number of allylic oxidation sites excluding steroid dienone is 1. The van der Waals surface area contributed by atoms with Crippen molar-refractivity contribution in [1.82, 2.24) is 0 Å². The van der Waals surface area contributed by atoms with Crippen LogP contribution in [-0.2, 0) is 9.53 Å². The van der Waals surface area contributed by atoms with Gasteiger partial charge in [-0.3, -0.25) is 0 Å². The molecule has 0 fully saturated rings. The predicted octanol–water partition coefficient (Wildman–Crippen LogP) is 4.43. The maximum Gasteiger partial charge on any atom is 0.362 e. The second-order valence-electron chi connectivity index (χ2n) is 3.42. The summed E-state index contributed by atoms with van der Waals surface area (Å²) in [6.45, 7) is 3.11. The number of hydrogen-bond donors (Lipinski definition) is 1. The fraction of sp³-hybridized carbons (Fsp3) is 0.250. The molecule has 0 heterocycles. The van der Waals surface area contributed by atoms with E-state index in [2.05, 4.69) is 10.2 Å². The van der Waals surface area contributed by atoms with Crippen molar-refractivity contribution in [2.24, 2.45) is 10.2 Å². The lowest BCUT2D eigenvalue weighted by molar-refractivity contribution is -0.138. The van der Waals surface area contributed by atoms with Crippen molar-refractivity contribution >= 4 is 34.9 Å². The molecule has 19 heavy (non-hydrogen) atoms. The average Bonchev–Trinajstić information content (AvgIpc) is 2.32. The van der Waals surface area contributed by atoms with Crippen molar-refractivity contribution in [1.29, 1.82) is 0 Å². The molecule has 0 atom stereocenters. The van der Waals surface area contributed by atoms with Gasteiger partial charge in [-0.1, -0.05) is 29.3 Å². The van der Waals surface area contributed by atoms with Crippen LogP contribution in [0.3, 0.4) is 0 Å². The van der Waals surface area contributed by atoms with E-state index in [9.17, 15) is 9.90 Å². The molecule has 0 saturated heterocycles. The lowest BCUT2D eigenvalue weighted by atomic mass is 10.3. The largest absolute Gasteiger partial charge is 0.510 e. The monoisotopic (exact) mass is 302 g/mol. The van der Waals surface area contributed by atoms with E-state index in [-0.39, 0.29) is 33.8 Å². The molecule has 0 unspecified atom stereocenters. The van der Waals surface area contributed by atoms with Crippen LogP contribution < -0.4 is 0 Å². The summed E-state index contributed by atoms with van der Waals surface area (Å²) in [5.41, 5.74) is -0.0771. The molecule has 5 nitrogen and oxygen atoms in total. The highest BCUT2D eigenvalue weighted by atomic mass is 35.5. The number of aliphatic hydroxyl groups excluding tert-OH is 1. The van der Waals surface area contributed by atoms with E-state index in [0.29, 0.717) is 0 Å². The molecule has 102 valence electrons. The van der Waals surface area contributed by atoms with Gasteiger partial charge in [-0.05, 0) is 26.0 Å². The van der Waals surface area contributed by atoms with Crippen LogP contribution in [0.25, 0.3) is 0 Å². The smallest absolute Gasteiger partial charge is 0.362 e. The molecule has 0 bridgehead atoms. The van der Waals surface area contributed by atoms with E-state index in [1.165, 1.54) is 6.92 Å². The fourth-order valence-corrected chi connectivity index (χ4v) is 1.62. The Kier molecular flexibility index (Phi) is 5.79. The third kappa shape index (κ3) is 4.22. The maximum absolute atomic E-state index is 11.5. The zero-order valence-corrected chi connectivity index (χ0v) is 11.9. The Balaban J connectivity index is 3.08. The van der Waals surface area contributed by atoms with Crippen molar-refractivity contribution < 1.29 is 14.6 Å². The van der Waals surface area contributed by atoms with Crippen LogP contribution in [0.4, 0.5) is 5.69 Å². The van der Waals surface area contributed by atoms with Gasteiger partial charge in [-0.15, -0.1) is 10.2 Å². The van der Waals surface area contributed by atoms with Crippen molar-refractivity contribution in [3.8, 4) is 0 Å². The molecule has 1 aromatic carbocycles. The number of carbonyl (C=O) groups excluding carboxylic acids is 1. The van der Waals surface area contributed by atoms with E-state index >= 15 is 0 Å². The van der Waals surface area contributed by atoms with Crippen molar-refractivity contribution in [2.45, 2.75) is 13.8 Å². The summed E-state index contributed by atoms with van der Waals surface area (Å²) in [6, 6.07) is 4.83. The molecule has 0 spiro atoms. The zero-order chi connectivity index (χ0) is 14.4. The number of benzene rings is 1. The van der Waals surface area contributed by atoms with Crippen molar-refractivity contribution in [2.75, 3.05) is 6.61 Å². The molecule has 0 aliphatic heterocycles. The minimum absolute atomic E-state index is 0.165. The van der Waals surface area contributed by atoms with Crippen LogP contribution in [0.15, 0.2) is 39.9 Å². The number of esters is 1. The zero-order valence-electron chi connectivity index (χ0n) is 10.4. The Bertz CT molecular complexity index is 518. The van der Waals surface area contributed by atoms with Crippen LogP contribution in [0, 0.1) is 0 Å². The second kappa shape index (κ2) is 7.11. The molecule has 0 amide bonds. The summed E-state index contributed by atoms with van der Waals surface area (Å²) in [5.74, 6) is -1.07. The quantitative estimate of drug-likeness (QED) is 0.387. The van der Waals surface area contributed by atoms with Gasteiger partial charge in [0.1, 0.15) is 11.4 Å². The maximum atomic E-state index is 11.5. The Hall–Kier alpha value is -1.59. The van der Waals surface area contributed by atoms with Gasteiger partial charge in [0.25, 0.3) is 0 Å².